The Morgan fingerprint density at radius 2 is 1.92 bits per heavy atom. The normalized spacial score (nSPS) is 15.3. The fourth-order valence-corrected chi connectivity index (χ4v) is 3.49. The number of halogens is 5. The number of amides is 1. The molecule has 36 heavy (non-hydrogen) atoms. The number of ether oxygens (including phenoxy) is 1. The quantitative estimate of drug-likeness (QED) is 0.461. The second-order valence-electron chi connectivity index (χ2n) is 8.14. The van der Waals surface area contributed by atoms with Gasteiger partial charge in [0.2, 0.25) is 0 Å². The molecule has 14 heteroatoms. The van der Waals surface area contributed by atoms with Crippen molar-refractivity contribution < 1.29 is 31.5 Å². The molecule has 0 bridgehead atoms. The van der Waals surface area contributed by atoms with E-state index in [1.807, 2.05) is 6.07 Å². The monoisotopic (exact) mass is 507 g/mol. The first kappa shape index (κ1) is 25.0. The third-order valence-electron chi connectivity index (χ3n) is 5.53. The first-order valence-corrected chi connectivity index (χ1v) is 10.6. The fraction of sp³-hybridized carbons (Fsp3) is 0.364. The van der Waals surface area contributed by atoms with Gasteiger partial charge in [-0.1, -0.05) is 0 Å². The van der Waals surface area contributed by atoms with Crippen LogP contribution in [0.1, 0.15) is 53.1 Å². The summed E-state index contributed by atoms with van der Waals surface area (Å²) in [7, 11) is 0. The molecule has 2 aromatic heterocycles. The van der Waals surface area contributed by atoms with Gasteiger partial charge >= 0.3 is 6.18 Å². The minimum absolute atomic E-state index is 0.000883. The third kappa shape index (κ3) is 5.24. The standard InChI is InChI=1S/C22H18F5N7O2/c1-12(18-31-11-32-34(18)20-29-7-16(8-30-20)36-9-17(23)24)33-19(35)13-4-14(21(10-28)2-3-21)6-15(5-13)22(25,26)27/h4-8,11-12,17H,2-3,9H2,1H3,(H,33,35). The molecule has 0 saturated heterocycles. The summed E-state index contributed by atoms with van der Waals surface area (Å²) in [5, 5.41) is 16.0. The van der Waals surface area contributed by atoms with Crippen molar-refractivity contribution in [3.8, 4) is 17.8 Å². The van der Waals surface area contributed by atoms with Gasteiger partial charge in [-0.25, -0.2) is 23.7 Å². The summed E-state index contributed by atoms with van der Waals surface area (Å²) in [5.74, 6) is -0.644. The Bertz CT molecular complexity index is 1300. The Labute approximate surface area is 201 Å². The molecule has 1 amide bonds. The largest absolute Gasteiger partial charge is 0.484 e. The number of hydrogen-bond acceptors (Lipinski definition) is 7. The third-order valence-corrected chi connectivity index (χ3v) is 5.53. The summed E-state index contributed by atoms with van der Waals surface area (Å²) in [5.41, 5.74) is -2.16. The average Bonchev–Trinajstić information content (AvgIpc) is 3.50. The van der Waals surface area contributed by atoms with Crippen LogP contribution in [0.5, 0.6) is 5.75 Å². The summed E-state index contributed by atoms with van der Waals surface area (Å²) in [6.07, 6.45) is -3.06. The zero-order valence-corrected chi connectivity index (χ0v) is 18.6. The molecule has 4 rings (SSSR count). The van der Waals surface area contributed by atoms with E-state index in [0.717, 1.165) is 30.9 Å². The number of rotatable bonds is 8. The Morgan fingerprint density at radius 1 is 1.22 bits per heavy atom. The van der Waals surface area contributed by atoms with Crippen LogP contribution in [-0.2, 0) is 11.6 Å². The highest BCUT2D eigenvalue weighted by Gasteiger charge is 2.46. The number of nitrogens with one attached hydrogen (secondary N) is 1. The Hall–Kier alpha value is -4.15. The van der Waals surface area contributed by atoms with E-state index in [1.54, 1.807) is 0 Å². The first-order valence-electron chi connectivity index (χ1n) is 10.6. The van der Waals surface area contributed by atoms with Crippen molar-refractivity contribution in [3.63, 3.8) is 0 Å². The van der Waals surface area contributed by atoms with Crippen LogP contribution in [0.4, 0.5) is 22.0 Å². The number of alkyl halides is 5. The van der Waals surface area contributed by atoms with E-state index in [-0.39, 0.29) is 28.6 Å². The highest BCUT2D eigenvalue weighted by atomic mass is 19.4. The fourth-order valence-electron chi connectivity index (χ4n) is 3.49. The predicted octanol–water partition coefficient (Wildman–Crippen LogP) is 3.77. The number of nitriles is 1. The molecule has 1 unspecified atom stereocenters. The van der Waals surface area contributed by atoms with Crippen LogP contribution in [0.25, 0.3) is 5.95 Å². The Kier molecular flexibility index (Phi) is 6.57. The molecule has 0 spiro atoms. The first-order chi connectivity index (χ1) is 17.0. The van der Waals surface area contributed by atoms with Crippen molar-refractivity contribution in [3.05, 3.63) is 59.4 Å². The minimum atomic E-state index is -4.70. The zero-order valence-electron chi connectivity index (χ0n) is 18.6. The summed E-state index contributed by atoms with van der Waals surface area (Å²) >= 11 is 0. The smallest absolute Gasteiger partial charge is 0.416 e. The SMILES string of the molecule is CC(NC(=O)c1cc(C(F)(F)F)cc(C2(C#N)CC2)c1)c1ncnn1-c1ncc(OCC(F)F)cn1. The summed E-state index contributed by atoms with van der Waals surface area (Å²) in [4.78, 5) is 24.9. The van der Waals surface area contributed by atoms with Gasteiger partial charge < -0.3 is 10.1 Å². The number of benzene rings is 1. The lowest BCUT2D eigenvalue weighted by Crippen LogP contribution is -2.29. The van der Waals surface area contributed by atoms with E-state index in [0.29, 0.717) is 12.8 Å². The van der Waals surface area contributed by atoms with E-state index in [2.05, 4.69) is 25.4 Å². The highest BCUT2D eigenvalue weighted by Crippen LogP contribution is 2.48. The zero-order chi connectivity index (χ0) is 26.1. The van der Waals surface area contributed by atoms with Crippen molar-refractivity contribution >= 4 is 5.91 Å². The van der Waals surface area contributed by atoms with Gasteiger partial charge in [-0.3, -0.25) is 4.79 Å². The highest BCUT2D eigenvalue weighted by molar-refractivity contribution is 5.95. The van der Waals surface area contributed by atoms with Crippen LogP contribution in [0.2, 0.25) is 0 Å². The van der Waals surface area contributed by atoms with Crippen LogP contribution in [-0.4, -0.2) is 43.7 Å². The van der Waals surface area contributed by atoms with E-state index < -0.39 is 42.1 Å². The second kappa shape index (κ2) is 9.48. The van der Waals surface area contributed by atoms with Crippen LogP contribution < -0.4 is 10.1 Å². The molecule has 1 aliphatic rings. The van der Waals surface area contributed by atoms with Gasteiger partial charge in [-0.05, 0) is 43.5 Å². The van der Waals surface area contributed by atoms with Crippen LogP contribution in [0.15, 0.2) is 36.9 Å². The predicted molar refractivity (Wildman–Crippen MR) is 112 cm³/mol. The number of aromatic nitrogens is 5. The van der Waals surface area contributed by atoms with Gasteiger partial charge in [0.1, 0.15) is 12.9 Å². The Morgan fingerprint density at radius 3 is 2.50 bits per heavy atom. The van der Waals surface area contributed by atoms with Gasteiger partial charge in [0, 0.05) is 5.56 Å². The van der Waals surface area contributed by atoms with Crippen molar-refractivity contribution in [2.24, 2.45) is 0 Å². The van der Waals surface area contributed by atoms with Gasteiger partial charge in [0.15, 0.2) is 11.6 Å². The molecule has 0 aliphatic heterocycles. The second-order valence-corrected chi connectivity index (χ2v) is 8.14. The molecular formula is C22H18F5N7O2. The van der Waals surface area contributed by atoms with Crippen molar-refractivity contribution in [2.45, 2.75) is 43.8 Å². The topological polar surface area (TPSA) is 119 Å². The molecule has 1 fully saturated rings. The lowest BCUT2D eigenvalue weighted by atomic mass is 9.93. The summed E-state index contributed by atoms with van der Waals surface area (Å²) in [6.45, 7) is 0.706. The maximum atomic E-state index is 13.5. The van der Waals surface area contributed by atoms with Crippen LogP contribution >= 0.6 is 0 Å². The Balaban J connectivity index is 1.55. The molecule has 2 heterocycles. The number of nitrogens with zero attached hydrogens (tertiary/aromatic N) is 6. The number of carbonyl (C=O) groups is 1. The van der Waals surface area contributed by atoms with Crippen LogP contribution in [0.3, 0.4) is 0 Å². The molecule has 1 N–H and O–H groups in total. The van der Waals surface area contributed by atoms with E-state index in [1.165, 1.54) is 17.7 Å². The van der Waals surface area contributed by atoms with Gasteiger partial charge in [-0.2, -0.15) is 28.2 Å². The summed E-state index contributed by atoms with van der Waals surface area (Å²) < 4.78 is 71.0. The average molecular weight is 507 g/mol. The number of carbonyl (C=O) groups excluding carboxylic acids is 1. The molecule has 1 aromatic carbocycles. The number of hydrogen-bond donors (Lipinski definition) is 1. The molecular weight excluding hydrogens is 489 g/mol. The maximum Gasteiger partial charge on any atom is 0.416 e. The van der Waals surface area contributed by atoms with Crippen LogP contribution in [0, 0.1) is 11.3 Å². The van der Waals surface area contributed by atoms with E-state index in [9.17, 15) is 32.0 Å². The minimum Gasteiger partial charge on any atom is -0.484 e. The van der Waals surface area contributed by atoms with Crippen molar-refractivity contribution in [1.29, 1.82) is 5.26 Å². The molecule has 3 aromatic rings. The molecule has 1 saturated carbocycles. The van der Waals surface area contributed by atoms with Gasteiger partial charge in [0.25, 0.3) is 18.3 Å². The molecule has 1 atom stereocenters. The maximum absolute atomic E-state index is 13.5. The van der Waals surface area contributed by atoms with E-state index >= 15 is 0 Å². The molecule has 188 valence electrons. The van der Waals surface area contributed by atoms with Crippen molar-refractivity contribution in [2.75, 3.05) is 6.61 Å². The lowest BCUT2D eigenvalue weighted by Gasteiger charge is -2.17. The summed E-state index contributed by atoms with van der Waals surface area (Å²) in [6, 6.07) is 4.11. The molecule has 0 radical (unpaired) electrons. The van der Waals surface area contributed by atoms with Crippen molar-refractivity contribution in [1.82, 2.24) is 30.0 Å². The van der Waals surface area contributed by atoms with Gasteiger partial charge in [-0.15, -0.1) is 0 Å². The molecule has 1 aliphatic carbocycles. The lowest BCUT2D eigenvalue weighted by molar-refractivity contribution is -0.137. The molecule has 9 nitrogen and oxygen atoms in total. The van der Waals surface area contributed by atoms with E-state index in [4.69, 9.17) is 4.74 Å². The van der Waals surface area contributed by atoms with Gasteiger partial charge in [0.05, 0.1) is 35.5 Å².